The van der Waals surface area contributed by atoms with Gasteiger partial charge in [0.05, 0.1) is 0 Å². The number of hydrogen-bond donors (Lipinski definition) is 2. The van der Waals surface area contributed by atoms with Gasteiger partial charge in [-0.25, -0.2) is 4.79 Å². The third-order valence-corrected chi connectivity index (χ3v) is 3.70. The van der Waals surface area contributed by atoms with Crippen LogP contribution in [0.4, 0.5) is 16.3 Å². The van der Waals surface area contributed by atoms with Gasteiger partial charge in [0, 0.05) is 18.3 Å². The van der Waals surface area contributed by atoms with E-state index in [4.69, 9.17) is 4.52 Å². The van der Waals surface area contributed by atoms with Crippen molar-refractivity contribution in [2.45, 2.75) is 26.7 Å². The van der Waals surface area contributed by atoms with E-state index in [1.54, 1.807) is 19.1 Å². The van der Waals surface area contributed by atoms with Crippen molar-refractivity contribution >= 4 is 23.4 Å². The van der Waals surface area contributed by atoms with Crippen LogP contribution in [0.1, 0.15) is 31.1 Å². The Hall–Kier alpha value is -3.09. The van der Waals surface area contributed by atoms with Crippen LogP contribution in [-0.4, -0.2) is 35.1 Å². The fraction of sp³-hybridized carbons (Fsp3) is 0.316. The molecule has 0 aliphatic heterocycles. The summed E-state index contributed by atoms with van der Waals surface area (Å²) in [5.41, 5.74) is 1.86. The molecule has 0 spiro atoms. The van der Waals surface area contributed by atoms with E-state index in [0.717, 1.165) is 0 Å². The predicted octanol–water partition coefficient (Wildman–Crippen LogP) is 3.77. The lowest BCUT2D eigenvalue weighted by Crippen LogP contribution is -2.40. The number of amides is 3. The van der Waals surface area contributed by atoms with Crippen LogP contribution in [0.5, 0.6) is 0 Å². The first-order valence-electron chi connectivity index (χ1n) is 8.39. The van der Waals surface area contributed by atoms with E-state index in [0.29, 0.717) is 23.2 Å². The summed E-state index contributed by atoms with van der Waals surface area (Å²) < 4.78 is 4.90. The first kappa shape index (κ1) is 19.2. The van der Waals surface area contributed by atoms with Crippen molar-refractivity contribution in [1.82, 2.24) is 10.1 Å². The van der Waals surface area contributed by atoms with Crippen LogP contribution < -0.4 is 10.6 Å². The molecule has 0 radical (unpaired) electrons. The molecule has 0 fully saturated rings. The maximum Gasteiger partial charge on any atom is 0.322 e. The summed E-state index contributed by atoms with van der Waals surface area (Å²) in [7, 11) is 0. The number of rotatable bonds is 7. The minimum absolute atomic E-state index is 0.131. The van der Waals surface area contributed by atoms with Crippen molar-refractivity contribution in [2.75, 3.05) is 23.7 Å². The summed E-state index contributed by atoms with van der Waals surface area (Å²) >= 11 is 0. The molecule has 0 saturated carbocycles. The van der Waals surface area contributed by atoms with Crippen molar-refractivity contribution in [1.29, 1.82) is 0 Å². The van der Waals surface area contributed by atoms with Crippen LogP contribution in [0.2, 0.25) is 0 Å². The summed E-state index contributed by atoms with van der Waals surface area (Å²) in [5.74, 6) is 0.952. The Morgan fingerprint density at radius 1 is 1.27 bits per heavy atom. The lowest BCUT2D eigenvalue weighted by molar-refractivity contribution is -0.116. The topological polar surface area (TPSA) is 87.5 Å². The zero-order valence-corrected chi connectivity index (χ0v) is 15.3. The average molecular weight is 356 g/mol. The van der Waals surface area contributed by atoms with Gasteiger partial charge >= 0.3 is 6.03 Å². The lowest BCUT2D eigenvalue weighted by Gasteiger charge is -2.21. The van der Waals surface area contributed by atoms with E-state index < -0.39 is 0 Å². The van der Waals surface area contributed by atoms with Gasteiger partial charge in [0.2, 0.25) is 5.91 Å². The molecule has 1 aromatic heterocycles. The van der Waals surface area contributed by atoms with Crippen LogP contribution in [0.15, 0.2) is 47.5 Å². The Labute approximate surface area is 153 Å². The van der Waals surface area contributed by atoms with Gasteiger partial charge in [0.25, 0.3) is 0 Å². The van der Waals surface area contributed by atoms with Crippen LogP contribution >= 0.6 is 0 Å². The standard InChI is InChI=1S/C19H24N4O3/c1-5-10-23(12-18(24)21-17-11-14(4)26-22-17)19(25)20-16-8-6-15(7-9-16)13(2)3/h5-9,11,13H,1,10,12H2,2-4H3,(H,20,25)(H,21,22,24). The van der Waals surface area contributed by atoms with E-state index in [-0.39, 0.29) is 25.0 Å². The number of urea groups is 1. The van der Waals surface area contributed by atoms with Crippen molar-refractivity contribution in [3.8, 4) is 0 Å². The average Bonchev–Trinajstić information content (AvgIpc) is 2.99. The zero-order chi connectivity index (χ0) is 19.1. The highest BCUT2D eigenvalue weighted by molar-refractivity contribution is 5.96. The van der Waals surface area contributed by atoms with E-state index in [9.17, 15) is 9.59 Å². The molecule has 7 nitrogen and oxygen atoms in total. The second kappa shape index (κ2) is 8.84. The second-order valence-electron chi connectivity index (χ2n) is 6.25. The SMILES string of the molecule is C=CCN(CC(=O)Nc1cc(C)on1)C(=O)Nc1ccc(C(C)C)cc1. The van der Waals surface area contributed by atoms with Gasteiger partial charge in [-0.15, -0.1) is 6.58 Å². The Kier molecular flexibility index (Phi) is 6.54. The molecule has 2 N–H and O–H groups in total. The number of nitrogens with one attached hydrogen (secondary N) is 2. The molecule has 1 heterocycles. The third-order valence-electron chi connectivity index (χ3n) is 3.70. The number of aromatic nitrogens is 1. The van der Waals surface area contributed by atoms with Crippen molar-refractivity contribution in [3.63, 3.8) is 0 Å². The first-order chi connectivity index (χ1) is 12.4. The Bertz CT molecular complexity index is 765. The number of carbonyl (C=O) groups is 2. The summed E-state index contributed by atoms with van der Waals surface area (Å²) in [4.78, 5) is 26.0. The third kappa shape index (κ3) is 5.47. The van der Waals surface area contributed by atoms with E-state index in [2.05, 4.69) is 36.2 Å². The number of carbonyl (C=O) groups excluding carboxylic acids is 2. The molecule has 0 aliphatic carbocycles. The van der Waals surface area contributed by atoms with E-state index in [1.165, 1.54) is 10.5 Å². The minimum atomic E-state index is -0.381. The van der Waals surface area contributed by atoms with Gasteiger partial charge in [-0.1, -0.05) is 37.2 Å². The number of hydrogen-bond acceptors (Lipinski definition) is 4. The number of aryl methyl sites for hydroxylation is 1. The molecule has 26 heavy (non-hydrogen) atoms. The largest absolute Gasteiger partial charge is 0.360 e. The smallest absolute Gasteiger partial charge is 0.322 e. The number of nitrogens with zero attached hydrogens (tertiary/aromatic N) is 2. The van der Waals surface area contributed by atoms with Crippen LogP contribution in [-0.2, 0) is 4.79 Å². The van der Waals surface area contributed by atoms with Crippen molar-refractivity contribution in [3.05, 3.63) is 54.3 Å². The molecule has 0 saturated heterocycles. The van der Waals surface area contributed by atoms with Gasteiger partial charge in [0.1, 0.15) is 12.3 Å². The molecule has 3 amide bonds. The highest BCUT2D eigenvalue weighted by Gasteiger charge is 2.17. The van der Waals surface area contributed by atoms with Crippen molar-refractivity contribution < 1.29 is 14.1 Å². The summed E-state index contributed by atoms with van der Waals surface area (Å²) in [5, 5.41) is 9.08. The van der Waals surface area contributed by atoms with Crippen LogP contribution in [0.3, 0.4) is 0 Å². The quantitative estimate of drug-likeness (QED) is 0.739. The zero-order valence-electron chi connectivity index (χ0n) is 15.3. The van der Waals surface area contributed by atoms with Crippen LogP contribution in [0.25, 0.3) is 0 Å². The maximum atomic E-state index is 12.5. The van der Waals surface area contributed by atoms with Gasteiger partial charge in [-0.2, -0.15) is 0 Å². The summed E-state index contributed by atoms with van der Waals surface area (Å²) in [6, 6.07) is 8.85. The Morgan fingerprint density at radius 3 is 2.50 bits per heavy atom. The number of anilines is 2. The highest BCUT2D eigenvalue weighted by Crippen LogP contribution is 2.17. The molecular formula is C19H24N4O3. The van der Waals surface area contributed by atoms with Gasteiger partial charge in [0.15, 0.2) is 5.82 Å². The second-order valence-corrected chi connectivity index (χ2v) is 6.25. The first-order valence-corrected chi connectivity index (χ1v) is 8.39. The summed E-state index contributed by atoms with van der Waals surface area (Å²) in [6.45, 7) is 9.68. The molecule has 7 heteroatoms. The molecule has 0 atom stereocenters. The van der Waals surface area contributed by atoms with E-state index in [1.807, 2.05) is 24.3 Å². The molecule has 0 bridgehead atoms. The van der Waals surface area contributed by atoms with Gasteiger partial charge < -0.3 is 20.1 Å². The molecular weight excluding hydrogens is 332 g/mol. The molecule has 0 unspecified atom stereocenters. The van der Waals surface area contributed by atoms with E-state index >= 15 is 0 Å². The molecule has 0 aliphatic rings. The maximum absolute atomic E-state index is 12.5. The fourth-order valence-corrected chi connectivity index (χ4v) is 2.31. The van der Waals surface area contributed by atoms with Crippen LogP contribution in [0, 0.1) is 6.92 Å². The predicted molar refractivity (Wildman–Crippen MR) is 101 cm³/mol. The molecule has 1 aromatic carbocycles. The lowest BCUT2D eigenvalue weighted by atomic mass is 10.0. The minimum Gasteiger partial charge on any atom is -0.360 e. The molecule has 2 aromatic rings. The molecule has 138 valence electrons. The van der Waals surface area contributed by atoms with Gasteiger partial charge in [-0.3, -0.25) is 4.79 Å². The molecule has 2 rings (SSSR count). The Balaban J connectivity index is 1.97. The van der Waals surface area contributed by atoms with Crippen molar-refractivity contribution in [2.24, 2.45) is 0 Å². The highest BCUT2D eigenvalue weighted by atomic mass is 16.5. The monoisotopic (exact) mass is 356 g/mol. The number of benzene rings is 1. The van der Waals surface area contributed by atoms with Gasteiger partial charge in [-0.05, 0) is 30.5 Å². The normalized spacial score (nSPS) is 10.5. The summed E-state index contributed by atoms with van der Waals surface area (Å²) in [6.07, 6.45) is 1.56. The fourth-order valence-electron chi connectivity index (χ4n) is 2.31. The Morgan fingerprint density at radius 2 is 1.96 bits per heavy atom.